The quantitative estimate of drug-likeness (QED) is 0.684. The van der Waals surface area contributed by atoms with Gasteiger partial charge in [-0.3, -0.25) is 14.5 Å². The van der Waals surface area contributed by atoms with Crippen molar-refractivity contribution >= 4 is 33.4 Å². The maximum Gasteiger partial charge on any atom is 0.313 e. The molecule has 7 heteroatoms. The minimum Gasteiger partial charge on any atom is -0.347 e. The fourth-order valence-electron chi connectivity index (χ4n) is 2.06. The first kappa shape index (κ1) is 15.9. The minimum atomic E-state index is -0.641. The normalized spacial score (nSPS) is 15.5. The molecule has 1 saturated heterocycles. The van der Waals surface area contributed by atoms with Crippen LogP contribution in [0.3, 0.4) is 0 Å². The molecule has 0 atom stereocenters. The van der Waals surface area contributed by atoms with Gasteiger partial charge in [0, 0.05) is 49.4 Å². The molecule has 0 spiro atoms. The van der Waals surface area contributed by atoms with Crippen molar-refractivity contribution in [2.45, 2.75) is 0 Å². The molecule has 6 nitrogen and oxygen atoms in total. The van der Waals surface area contributed by atoms with E-state index in [0.717, 1.165) is 37.2 Å². The highest BCUT2D eigenvalue weighted by Gasteiger charge is 2.14. The first-order chi connectivity index (χ1) is 10.1. The molecule has 1 heterocycles. The molecule has 1 aromatic rings. The Kier molecular flexibility index (Phi) is 6.16. The third-order valence-electron chi connectivity index (χ3n) is 3.23. The van der Waals surface area contributed by atoms with Gasteiger partial charge in [0.15, 0.2) is 0 Å². The van der Waals surface area contributed by atoms with Crippen LogP contribution in [0.4, 0.5) is 5.69 Å². The Morgan fingerprint density at radius 1 is 1.14 bits per heavy atom. The van der Waals surface area contributed by atoms with Crippen molar-refractivity contribution in [3.63, 3.8) is 0 Å². The average molecular weight is 355 g/mol. The summed E-state index contributed by atoms with van der Waals surface area (Å²) in [6.45, 7) is 5.13. The lowest BCUT2D eigenvalue weighted by molar-refractivity contribution is -0.136. The molecule has 0 aliphatic carbocycles. The number of rotatable bonds is 4. The van der Waals surface area contributed by atoms with Gasteiger partial charge in [0.1, 0.15) is 0 Å². The zero-order chi connectivity index (χ0) is 15.1. The van der Waals surface area contributed by atoms with Crippen LogP contribution in [0.2, 0.25) is 0 Å². The Bertz CT molecular complexity index is 486. The number of carbonyl (C=O) groups excluding carboxylic acids is 2. The fourth-order valence-corrected chi connectivity index (χ4v) is 2.33. The van der Waals surface area contributed by atoms with Gasteiger partial charge in [0.25, 0.3) is 0 Å². The highest BCUT2D eigenvalue weighted by Crippen LogP contribution is 2.13. The van der Waals surface area contributed by atoms with Crippen LogP contribution in [0.15, 0.2) is 28.7 Å². The molecule has 21 heavy (non-hydrogen) atoms. The lowest BCUT2D eigenvalue weighted by Crippen LogP contribution is -2.47. The van der Waals surface area contributed by atoms with Crippen molar-refractivity contribution in [2.75, 3.05) is 44.6 Å². The van der Waals surface area contributed by atoms with Crippen molar-refractivity contribution in [1.82, 2.24) is 15.5 Å². The molecule has 1 aliphatic heterocycles. The predicted molar refractivity (Wildman–Crippen MR) is 85.1 cm³/mol. The summed E-state index contributed by atoms with van der Waals surface area (Å²) in [6.07, 6.45) is 0. The van der Waals surface area contributed by atoms with Gasteiger partial charge in [0.05, 0.1) is 0 Å². The summed E-state index contributed by atoms with van der Waals surface area (Å²) in [6, 6.07) is 7.07. The molecule has 1 aliphatic rings. The van der Waals surface area contributed by atoms with Crippen molar-refractivity contribution in [1.29, 1.82) is 0 Å². The molecular formula is C14H19BrN4O2. The van der Waals surface area contributed by atoms with Gasteiger partial charge < -0.3 is 16.0 Å². The topological polar surface area (TPSA) is 73.5 Å². The largest absolute Gasteiger partial charge is 0.347 e. The van der Waals surface area contributed by atoms with Gasteiger partial charge in [-0.25, -0.2) is 0 Å². The first-order valence-electron chi connectivity index (χ1n) is 6.93. The van der Waals surface area contributed by atoms with E-state index in [-0.39, 0.29) is 0 Å². The lowest BCUT2D eigenvalue weighted by Gasteiger charge is -2.26. The third kappa shape index (κ3) is 5.45. The van der Waals surface area contributed by atoms with E-state index in [2.05, 4.69) is 36.8 Å². The highest BCUT2D eigenvalue weighted by atomic mass is 79.9. The molecule has 1 aromatic carbocycles. The van der Waals surface area contributed by atoms with E-state index in [4.69, 9.17) is 0 Å². The molecule has 1 fully saturated rings. The molecule has 0 aromatic heterocycles. The summed E-state index contributed by atoms with van der Waals surface area (Å²) < 4.78 is 0.918. The molecule has 2 rings (SSSR count). The van der Waals surface area contributed by atoms with Gasteiger partial charge in [-0.15, -0.1) is 0 Å². The van der Waals surface area contributed by atoms with E-state index in [9.17, 15) is 9.59 Å². The van der Waals surface area contributed by atoms with Gasteiger partial charge in [-0.2, -0.15) is 0 Å². The van der Waals surface area contributed by atoms with Crippen LogP contribution < -0.4 is 16.0 Å². The van der Waals surface area contributed by atoms with E-state index in [1.807, 2.05) is 0 Å². The zero-order valence-electron chi connectivity index (χ0n) is 11.7. The number of amides is 2. The average Bonchev–Trinajstić information content (AvgIpc) is 2.50. The molecule has 0 bridgehead atoms. The second-order valence-corrected chi connectivity index (χ2v) is 5.72. The second kappa shape index (κ2) is 8.11. The van der Waals surface area contributed by atoms with Gasteiger partial charge in [-0.05, 0) is 24.3 Å². The van der Waals surface area contributed by atoms with Crippen LogP contribution in [-0.2, 0) is 9.59 Å². The summed E-state index contributed by atoms with van der Waals surface area (Å²) in [5.41, 5.74) is 0.598. The minimum absolute atomic E-state index is 0.479. The van der Waals surface area contributed by atoms with Crippen molar-refractivity contribution in [2.24, 2.45) is 0 Å². The lowest BCUT2D eigenvalue weighted by atomic mass is 10.3. The monoisotopic (exact) mass is 354 g/mol. The Morgan fingerprint density at radius 2 is 1.81 bits per heavy atom. The second-order valence-electron chi connectivity index (χ2n) is 4.81. The number of piperazine rings is 1. The maximum absolute atomic E-state index is 11.7. The van der Waals surface area contributed by atoms with E-state index in [1.165, 1.54) is 0 Å². The van der Waals surface area contributed by atoms with E-state index in [0.29, 0.717) is 12.2 Å². The summed E-state index contributed by atoms with van der Waals surface area (Å²) in [7, 11) is 0. The van der Waals surface area contributed by atoms with Crippen LogP contribution in [0.1, 0.15) is 0 Å². The fraction of sp³-hybridized carbons (Fsp3) is 0.429. The molecule has 0 saturated carbocycles. The summed E-state index contributed by atoms with van der Waals surface area (Å²) >= 11 is 3.31. The number of halogens is 1. The SMILES string of the molecule is O=C(NCCN1CCNCC1)C(=O)Nc1ccc(Br)cc1. The Balaban J connectivity index is 1.69. The van der Waals surface area contributed by atoms with Gasteiger partial charge in [-0.1, -0.05) is 15.9 Å². The van der Waals surface area contributed by atoms with Crippen LogP contribution in [0.25, 0.3) is 0 Å². The van der Waals surface area contributed by atoms with Gasteiger partial charge in [0.2, 0.25) is 0 Å². The number of nitrogens with zero attached hydrogens (tertiary/aromatic N) is 1. The zero-order valence-corrected chi connectivity index (χ0v) is 13.3. The Labute approximate surface area is 132 Å². The maximum atomic E-state index is 11.7. The van der Waals surface area contributed by atoms with E-state index >= 15 is 0 Å². The predicted octanol–water partition coefficient (Wildman–Crippen LogP) is 0.409. The molecule has 3 N–H and O–H groups in total. The number of benzene rings is 1. The highest BCUT2D eigenvalue weighted by molar-refractivity contribution is 9.10. The third-order valence-corrected chi connectivity index (χ3v) is 3.76. The molecule has 0 radical (unpaired) electrons. The molecular weight excluding hydrogens is 336 g/mol. The summed E-state index contributed by atoms with van der Waals surface area (Å²) in [4.78, 5) is 25.7. The molecule has 0 unspecified atom stereocenters. The van der Waals surface area contributed by atoms with Crippen LogP contribution >= 0.6 is 15.9 Å². The van der Waals surface area contributed by atoms with Crippen LogP contribution in [-0.4, -0.2) is 56.0 Å². The number of hydrogen-bond acceptors (Lipinski definition) is 4. The van der Waals surface area contributed by atoms with Crippen molar-refractivity contribution in [3.05, 3.63) is 28.7 Å². The number of anilines is 1. The van der Waals surface area contributed by atoms with E-state index < -0.39 is 11.8 Å². The standard InChI is InChI=1S/C14H19BrN4O2/c15-11-1-3-12(4-2-11)18-14(21)13(20)17-7-10-19-8-5-16-6-9-19/h1-4,16H,5-10H2,(H,17,20)(H,18,21). The van der Waals surface area contributed by atoms with Gasteiger partial charge >= 0.3 is 11.8 Å². The Morgan fingerprint density at radius 3 is 2.48 bits per heavy atom. The number of nitrogens with one attached hydrogen (secondary N) is 3. The summed E-state index contributed by atoms with van der Waals surface area (Å²) in [5, 5.41) is 8.47. The summed E-state index contributed by atoms with van der Waals surface area (Å²) in [5.74, 6) is -1.24. The number of carbonyl (C=O) groups is 2. The first-order valence-corrected chi connectivity index (χ1v) is 7.72. The molecule has 2 amide bonds. The Hall–Kier alpha value is -1.44. The van der Waals surface area contributed by atoms with E-state index in [1.54, 1.807) is 24.3 Å². The molecule has 114 valence electrons. The number of hydrogen-bond donors (Lipinski definition) is 3. The van der Waals surface area contributed by atoms with Crippen LogP contribution in [0, 0.1) is 0 Å². The van der Waals surface area contributed by atoms with Crippen molar-refractivity contribution in [3.8, 4) is 0 Å². The smallest absolute Gasteiger partial charge is 0.313 e. The van der Waals surface area contributed by atoms with Crippen LogP contribution in [0.5, 0.6) is 0 Å². The van der Waals surface area contributed by atoms with Crippen molar-refractivity contribution < 1.29 is 9.59 Å².